The maximum absolute atomic E-state index is 8.96. The first kappa shape index (κ1) is 9.51. The third kappa shape index (κ3) is 1.61. The molecule has 1 aromatic carbocycles. The van der Waals surface area contributed by atoms with Crippen molar-refractivity contribution in [3.05, 3.63) is 34.9 Å². The summed E-state index contributed by atoms with van der Waals surface area (Å²) in [4.78, 5) is 0. The molecule has 0 amide bonds. The Morgan fingerprint density at radius 1 is 1.36 bits per heavy atom. The summed E-state index contributed by atoms with van der Waals surface area (Å²) in [6.07, 6.45) is 0. The minimum absolute atomic E-state index is 0.0508. The van der Waals surface area contributed by atoms with Crippen molar-refractivity contribution in [1.82, 2.24) is 5.32 Å². The molecule has 0 radical (unpaired) electrons. The molecule has 2 atom stereocenters. The minimum Gasteiger partial charge on any atom is -0.315 e. The highest BCUT2D eigenvalue weighted by atomic mass is 35.5. The predicted octanol–water partition coefficient (Wildman–Crippen LogP) is 2.17. The van der Waals surface area contributed by atoms with E-state index in [1.54, 1.807) is 0 Å². The highest BCUT2D eigenvalue weighted by molar-refractivity contribution is 6.31. The van der Waals surface area contributed by atoms with Crippen molar-refractivity contribution >= 4 is 11.6 Å². The van der Waals surface area contributed by atoms with E-state index in [0.717, 1.165) is 23.7 Å². The Kier molecular flexibility index (Phi) is 2.72. The van der Waals surface area contributed by atoms with Gasteiger partial charge in [0.25, 0.3) is 0 Å². The fourth-order valence-electron chi connectivity index (χ4n) is 1.92. The molecule has 1 fully saturated rings. The van der Waals surface area contributed by atoms with Crippen molar-refractivity contribution in [3.8, 4) is 6.07 Å². The molecule has 72 valence electrons. The first-order valence-corrected chi connectivity index (χ1v) is 5.05. The van der Waals surface area contributed by atoms with Crippen molar-refractivity contribution in [2.45, 2.75) is 5.92 Å². The SMILES string of the molecule is N#CC1CNCC1c1ccccc1Cl. The fraction of sp³-hybridized carbons (Fsp3) is 0.364. The molecule has 2 nitrogen and oxygen atoms in total. The Morgan fingerprint density at radius 2 is 2.14 bits per heavy atom. The van der Waals surface area contributed by atoms with Crippen LogP contribution in [0.1, 0.15) is 11.5 Å². The normalized spacial score (nSPS) is 26.0. The average molecular weight is 207 g/mol. The van der Waals surface area contributed by atoms with Crippen LogP contribution < -0.4 is 5.32 Å². The first-order chi connectivity index (χ1) is 6.83. The second-order valence-corrected chi connectivity index (χ2v) is 3.93. The van der Waals surface area contributed by atoms with Gasteiger partial charge in [-0.05, 0) is 11.6 Å². The van der Waals surface area contributed by atoms with Crippen LogP contribution in [0.25, 0.3) is 0 Å². The monoisotopic (exact) mass is 206 g/mol. The summed E-state index contributed by atoms with van der Waals surface area (Å²) in [6.45, 7) is 1.62. The van der Waals surface area contributed by atoms with Crippen LogP contribution in [0, 0.1) is 17.2 Å². The number of nitrogens with one attached hydrogen (secondary N) is 1. The van der Waals surface area contributed by atoms with Crippen LogP contribution in [0.2, 0.25) is 5.02 Å². The Labute approximate surface area is 88.5 Å². The average Bonchev–Trinajstić information content (AvgIpc) is 2.66. The first-order valence-electron chi connectivity index (χ1n) is 4.67. The number of hydrogen-bond donors (Lipinski definition) is 1. The molecule has 0 bridgehead atoms. The highest BCUT2D eigenvalue weighted by Gasteiger charge is 2.29. The number of rotatable bonds is 1. The van der Waals surface area contributed by atoms with Crippen LogP contribution in [-0.4, -0.2) is 13.1 Å². The second kappa shape index (κ2) is 4.00. The lowest BCUT2D eigenvalue weighted by molar-refractivity contribution is 0.647. The second-order valence-electron chi connectivity index (χ2n) is 3.52. The van der Waals surface area contributed by atoms with Crippen LogP contribution in [0.5, 0.6) is 0 Å². The van der Waals surface area contributed by atoms with Gasteiger partial charge in [-0.15, -0.1) is 0 Å². The van der Waals surface area contributed by atoms with Gasteiger partial charge in [-0.3, -0.25) is 0 Å². The molecule has 3 heteroatoms. The molecule has 0 saturated carbocycles. The number of benzene rings is 1. The number of nitrogens with zero attached hydrogens (tertiary/aromatic N) is 1. The maximum atomic E-state index is 8.96. The van der Waals surface area contributed by atoms with Crippen LogP contribution in [0.15, 0.2) is 24.3 Å². The van der Waals surface area contributed by atoms with E-state index in [4.69, 9.17) is 16.9 Å². The molecule has 0 spiro atoms. The van der Waals surface area contributed by atoms with Crippen LogP contribution >= 0.6 is 11.6 Å². The van der Waals surface area contributed by atoms with Crippen LogP contribution in [-0.2, 0) is 0 Å². The predicted molar refractivity (Wildman–Crippen MR) is 56.2 cm³/mol. The molecule has 0 aromatic heterocycles. The standard InChI is InChI=1S/C11H11ClN2/c12-11-4-2-1-3-9(11)10-7-14-6-8(10)5-13/h1-4,8,10,14H,6-7H2. The molecule has 1 saturated heterocycles. The van der Waals surface area contributed by atoms with Crippen molar-refractivity contribution in [2.75, 3.05) is 13.1 Å². The molecule has 1 heterocycles. The number of hydrogen-bond acceptors (Lipinski definition) is 2. The fourth-order valence-corrected chi connectivity index (χ4v) is 2.19. The van der Waals surface area contributed by atoms with Gasteiger partial charge in [0.2, 0.25) is 0 Å². The quantitative estimate of drug-likeness (QED) is 0.765. The van der Waals surface area contributed by atoms with Crippen molar-refractivity contribution in [2.24, 2.45) is 5.92 Å². The van der Waals surface area contributed by atoms with Gasteiger partial charge in [0, 0.05) is 24.0 Å². The maximum Gasteiger partial charge on any atom is 0.0676 e. The summed E-state index contributed by atoms with van der Waals surface area (Å²) in [5.41, 5.74) is 1.09. The zero-order valence-electron chi connectivity index (χ0n) is 7.70. The van der Waals surface area contributed by atoms with Gasteiger partial charge in [0.1, 0.15) is 0 Å². The largest absolute Gasteiger partial charge is 0.315 e. The molecule has 2 unspecified atom stereocenters. The van der Waals surface area contributed by atoms with Gasteiger partial charge in [0.15, 0.2) is 0 Å². The van der Waals surface area contributed by atoms with Gasteiger partial charge in [0.05, 0.1) is 12.0 Å². The van der Waals surface area contributed by atoms with E-state index in [2.05, 4.69) is 11.4 Å². The summed E-state index contributed by atoms with van der Waals surface area (Å²) >= 11 is 6.09. The smallest absolute Gasteiger partial charge is 0.0676 e. The summed E-state index contributed by atoms with van der Waals surface area (Å²) in [5.74, 6) is 0.295. The Morgan fingerprint density at radius 3 is 2.86 bits per heavy atom. The summed E-state index contributed by atoms with van der Waals surface area (Å²) < 4.78 is 0. The molecule has 0 aliphatic carbocycles. The number of nitriles is 1. The van der Waals surface area contributed by atoms with Crippen LogP contribution in [0.3, 0.4) is 0 Å². The Balaban J connectivity index is 2.31. The van der Waals surface area contributed by atoms with Gasteiger partial charge in [-0.2, -0.15) is 5.26 Å². The van der Waals surface area contributed by atoms with E-state index in [1.165, 1.54) is 0 Å². The Bertz CT molecular complexity index is 370. The molecule has 1 aliphatic rings. The Hall–Kier alpha value is -1.04. The molecular weight excluding hydrogens is 196 g/mol. The topological polar surface area (TPSA) is 35.8 Å². The third-order valence-corrected chi connectivity index (χ3v) is 3.03. The van der Waals surface area contributed by atoms with Gasteiger partial charge >= 0.3 is 0 Å². The summed E-state index contributed by atoms with van der Waals surface area (Å²) in [5, 5.41) is 12.9. The van der Waals surface area contributed by atoms with E-state index >= 15 is 0 Å². The number of halogens is 1. The van der Waals surface area contributed by atoms with Crippen molar-refractivity contribution in [3.63, 3.8) is 0 Å². The molecule has 1 aromatic rings. The third-order valence-electron chi connectivity index (χ3n) is 2.68. The zero-order chi connectivity index (χ0) is 9.97. The highest BCUT2D eigenvalue weighted by Crippen LogP contribution is 2.32. The van der Waals surface area contributed by atoms with Crippen molar-refractivity contribution in [1.29, 1.82) is 5.26 Å². The lowest BCUT2D eigenvalue weighted by Crippen LogP contribution is -2.08. The van der Waals surface area contributed by atoms with E-state index in [1.807, 2.05) is 24.3 Å². The van der Waals surface area contributed by atoms with Gasteiger partial charge in [-0.25, -0.2) is 0 Å². The molecule has 1 aliphatic heterocycles. The van der Waals surface area contributed by atoms with Gasteiger partial charge in [-0.1, -0.05) is 29.8 Å². The molecular formula is C11H11ClN2. The van der Waals surface area contributed by atoms with Crippen molar-refractivity contribution < 1.29 is 0 Å². The minimum atomic E-state index is 0.0508. The lowest BCUT2D eigenvalue weighted by Gasteiger charge is -2.13. The van der Waals surface area contributed by atoms with E-state index in [0.29, 0.717) is 0 Å². The summed E-state index contributed by atoms with van der Waals surface area (Å²) in [6, 6.07) is 10.1. The zero-order valence-corrected chi connectivity index (χ0v) is 8.46. The molecule has 1 N–H and O–H groups in total. The van der Waals surface area contributed by atoms with E-state index in [9.17, 15) is 0 Å². The van der Waals surface area contributed by atoms with E-state index < -0.39 is 0 Å². The summed E-state index contributed by atoms with van der Waals surface area (Å²) in [7, 11) is 0. The van der Waals surface area contributed by atoms with Crippen LogP contribution in [0.4, 0.5) is 0 Å². The lowest BCUT2D eigenvalue weighted by atomic mass is 9.90. The van der Waals surface area contributed by atoms with Gasteiger partial charge < -0.3 is 5.32 Å². The molecule has 14 heavy (non-hydrogen) atoms. The molecule has 2 rings (SSSR count). The van der Waals surface area contributed by atoms with E-state index in [-0.39, 0.29) is 11.8 Å².